The van der Waals surface area contributed by atoms with Gasteiger partial charge in [0.05, 0.1) is 0 Å². The van der Waals surface area contributed by atoms with Crippen molar-refractivity contribution in [3.8, 4) is 5.75 Å². The minimum Gasteiger partial charge on any atom is -0.477 e. The summed E-state index contributed by atoms with van der Waals surface area (Å²) in [6.07, 6.45) is -0.163. The van der Waals surface area contributed by atoms with Crippen LogP contribution in [0, 0.1) is 0 Å². The zero-order valence-electron chi connectivity index (χ0n) is 8.21. The van der Waals surface area contributed by atoms with Gasteiger partial charge in [0.1, 0.15) is 5.75 Å². The molecule has 2 aliphatic heterocycles. The van der Waals surface area contributed by atoms with Crippen molar-refractivity contribution in [2.45, 2.75) is 6.10 Å². The van der Waals surface area contributed by atoms with Gasteiger partial charge in [0.15, 0.2) is 6.10 Å². The number of benzene rings is 1. The highest BCUT2D eigenvalue weighted by molar-refractivity contribution is 5.90. The van der Waals surface area contributed by atoms with Crippen LogP contribution in [0.25, 0.3) is 0 Å². The number of nitrogens with zero attached hydrogens (tertiary/aromatic N) is 3. The Morgan fingerprint density at radius 3 is 2.93 bits per heavy atom. The molecule has 2 aliphatic rings. The van der Waals surface area contributed by atoms with Gasteiger partial charge >= 0.3 is 0 Å². The van der Waals surface area contributed by atoms with Crippen molar-refractivity contribution in [1.82, 2.24) is 15.8 Å². The molecule has 0 fully saturated rings. The van der Waals surface area contributed by atoms with E-state index in [9.17, 15) is 0 Å². The highest BCUT2D eigenvalue weighted by atomic mass is 16.5. The Balaban J connectivity index is 1.91. The maximum Gasteiger partial charge on any atom is 0.204 e. The third-order valence-electron chi connectivity index (χ3n) is 2.43. The Labute approximate surface area is 86.8 Å². The number of fused-ring (bicyclic) bond motifs is 1. The fourth-order valence-electron chi connectivity index (χ4n) is 1.74. The molecule has 0 bridgehead atoms. The minimum atomic E-state index is -0.163. The first kappa shape index (κ1) is 8.51. The number of rotatable bonds is 1. The molecule has 0 aromatic heterocycles. The molecule has 0 saturated heterocycles. The number of nitrogens with two attached hydrogens (primary N) is 1. The Kier molecular flexibility index (Phi) is 1.62. The van der Waals surface area contributed by atoms with E-state index in [0.29, 0.717) is 5.84 Å². The zero-order chi connectivity index (χ0) is 10.4. The van der Waals surface area contributed by atoms with Crippen LogP contribution in [0.2, 0.25) is 0 Å². The van der Waals surface area contributed by atoms with Crippen LogP contribution in [-0.4, -0.2) is 23.1 Å². The van der Waals surface area contributed by atoms with Crippen LogP contribution in [0.4, 0.5) is 0 Å². The molecule has 0 aliphatic carbocycles. The Morgan fingerprint density at radius 2 is 2.27 bits per heavy atom. The number of nitrogens with one attached hydrogen (secondary N) is 1. The molecule has 6 nitrogen and oxygen atoms in total. The van der Waals surface area contributed by atoms with Crippen LogP contribution < -0.4 is 16.1 Å². The highest BCUT2D eigenvalue weighted by Crippen LogP contribution is 2.40. The Morgan fingerprint density at radius 1 is 1.47 bits per heavy atom. The normalized spacial score (nSPS) is 23.1. The molecule has 78 valence electrons. The molecule has 1 atom stereocenters. The van der Waals surface area contributed by atoms with Gasteiger partial charge in [0.25, 0.3) is 0 Å². The first-order valence-corrected chi connectivity index (χ1v) is 4.64. The van der Waals surface area contributed by atoms with E-state index in [2.05, 4.69) is 10.6 Å². The van der Waals surface area contributed by atoms with Crippen molar-refractivity contribution in [3.05, 3.63) is 29.8 Å². The second-order valence-corrected chi connectivity index (χ2v) is 3.49. The average Bonchev–Trinajstić information content (AvgIpc) is 2.48. The maximum absolute atomic E-state index is 5.71. The topological polar surface area (TPSA) is 66.1 Å². The number of hydrazone groups is 1. The summed E-state index contributed by atoms with van der Waals surface area (Å²) in [6.45, 7) is 0. The van der Waals surface area contributed by atoms with E-state index in [1.54, 1.807) is 12.2 Å². The van der Waals surface area contributed by atoms with Gasteiger partial charge in [-0.3, -0.25) is 0 Å². The second-order valence-electron chi connectivity index (χ2n) is 3.49. The van der Waals surface area contributed by atoms with E-state index < -0.39 is 0 Å². The predicted octanol–water partition coefficient (Wildman–Crippen LogP) is -0.0257. The average molecular weight is 205 g/mol. The predicted molar refractivity (Wildman–Crippen MR) is 54.2 cm³/mol. The number of amidine groups is 1. The lowest BCUT2D eigenvalue weighted by Crippen LogP contribution is -2.49. The van der Waals surface area contributed by atoms with Crippen LogP contribution in [0.15, 0.2) is 29.4 Å². The van der Waals surface area contributed by atoms with Gasteiger partial charge in [0.2, 0.25) is 5.84 Å². The molecule has 6 heteroatoms. The van der Waals surface area contributed by atoms with Gasteiger partial charge < -0.3 is 4.74 Å². The molecule has 3 rings (SSSR count). The van der Waals surface area contributed by atoms with Crippen molar-refractivity contribution in [2.75, 3.05) is 7.05 Å². The molecule has 1 aromatic rings. The van der Waals surface area contributed by atoms with Gasteiger partial charge in [-0.05, 0) is 6.07 Å². The lowest BCUT2D eigenvalue weighted by Gasteiger charge is -2.31. The van der Waals surface area contributed by atoms with Gasteiger partial charge in [-0.1, -0.05) is 18.2 Å². The first-order valence-electron chi connectivity index (χ1n) is 4.64. The molecule has 0 radical (unpaired) electrons. The molecule has 1 unspecified atom stereocenters. The molecule has 1 aromatic carbocycles. The minimum absolute atomic E-state index is 0.163. The van der Waals surface area contributed by atoms with Crippen LogP contribution in [0.5, 0.6) is 5.75 Å². The number of hydrogen-bond donors (Lipinski definition) is 2. The number of ether oxygens (including phenoxy) is 1. The van der Waals surface area contributed by atoms with Gasteiger partial charge in [-0.15, -0.1) is 10.6 Å². The molecule has 15 heavy (non-hydrogen) atoms. The monoisotopic (exact) mass is 205 g/mol. The standard InChI is InChI=1S/C9H11N5O/c1-13-11-9(14(10)12-13)8-6-4-2-3-5-7(6)15-8/h2-5,8,12H,10H2,1H3. The Bertz CT molecular complexity index is 432. The highest BCUT2D eigenvalue weighted by Gasteiger charge is 2.37. The van der Waals surface area contributed by atoms with Gasteiger partial charge in [0, 0.05) is 12.6 Å². The quantitative estimate of drug-likeness (QED) is 0.630. The van der Waals surface area contributed by atoms with Crippen molar-refractivity contribution in [3.63, 3.8) is 0 Å². The molecule has 0 spiro atoms. The molecule has 0 saturated carbocycles. The third-order valence-corrected chi connectivity index (χ3v) is 2.43. The van der Waals surface area contributed by atoms with Crippen molar-refractivity contribution < 1.29 is 4.74 Å². The van der Waals surface area contributed by atoms with E-state index in [1.165, 1.54) is 5.12 Å². The van der Waals surface area contributed by atoms with Crippen molar-refractivity contribution in [1.29, 1.82) is 0 Å². The van der Waals surface area contributed by atoms with Gasteiger partial charge in [-0.25, -0.2) is 16.1 Å². The summed E-state index contributed by atoms with van der Waals surface area (Å²) in [5, 5.41) is 7.11. The van der Waals surface area contributed by atoms with E-state index in [0.717, 1.165) is 11.3 Å². The summed E-state index contributed by atoms with van der Waals surface area (Å²) in [5.41, 5.74) is 3.92. The summed E-state index contributed by atoms with van der Waals surface area (Å²) in [4.78, 5) is 0. The largest absolute Gasteiger partial charge is 0.477 e. The van der Waals surface area contributed by atoms with E-state index >= 15 is 0 Å². The van der Waals surface area contributed by atoms with E-state index in [4.69, 9.17) is 10.6 Å². The molecular weight excluding hydrogens is 194 g/mol. The van der Waals surface area contributed by atoms with E-state index in [1.807, 2.05) is 24.3 Å². The summed E-state index contributed by atoms with van der Waals surface area (Å²) in [6, 6.07) is 7.86. The van der Waals surface area contributed by atoms with Crippen molar-refractivity contribution in [2.24, 2.45) is 10.9 Å². The number of para-hydroxylation sites is 1. The second kappa shape index (κ2) is 2.85. The number of hydrogen-bond acceptors (Lipinski definition) is 6. The van der Waals surface area contributed by atoms with E-state index in [-0.39, 0.29) is 6.10 Å². The Hall–Kier alpha value is -1.79. The zero-order valence-corrected chi connectivity index (χ0v) is 8.21. The number of hydrazine groups is 3. The molecule has 0 amide bonds. The van der Waals surface area contributed by atoms with Crippen LogP contribution in [0.1, 0.15) is 11.7 Å². The summed E-state index contributed by atoms with van der Waals surface area (Å²) in [7, 11) is 1.78. The SMILES string of the molecule is CN1N=C(C2Oc3ccccc32)N(N)N1. The third kappa shape index (κ3) is 1.15. The summed E-state index contributed by atoms with van der Waals surface area (Å²) in [5.74, 6) is 7.27. The lowest BCUT2D eigenvalue weighted by molar-refractivity contribution is 0.133. The van der Waals surface area contributed by atoms with Crippen molar-refractivity contribution >= 4 is 5.84 Å². The smallest absolute Gasteiger partial charge is 0.204 e. The van der Waals surface area contributed by atoms with Crippen LogP contribution in [-0.2, 0) is 0 Å². The molecule has 2 heterocycles. The fourth-order valence-corrected chi connectivity index (χ4v) is 1.74. The summed E-state index contributed by atoms with van der Waals surface area (Å²) >= 11 is 0. The molecule has 3 N–H and O–H groups in total. The van der Waals surface area contributed by atoms with Gasteiger partial charge in [-0.2, -0.15) is 0 Å². The fraction of sp³-hybridized carbons (Fsp3) is 0.222. The van der Waals surface area contributed by atoms with Crippen LogP contribution in [0.3, 0.4) is 0 Å². The summed E-state index contributed by atoms with van der Waals surface area (Å²) < 4.78 is 5.57. The maximum atomic E-state index is 5.71. The lowest BCUT2D eigenvalue weighted by atomic mass is 10.0. The first-order chi connectivity index (χ1) is 7.25. The molecular formula is C9H11N5O. The van der Waals surface area contributed by atoms with Crippen LogP contribution >= 0.6 is 0 Å².